The van der Waals surface area contributed by atoms with Crippen molar-refractivity contribution < 1.29 is 0 Å². The maximum absolute atomic E-state index is 4.50. The van der Waals surface area contributed by atoms with Crippen LogP contribution in [-0.4, -0.2) is 41.3 Å². The fraction of sp³-hybridized carbons (Fsp3) is 1.00. The zero-order valence-electron chi connectivity index (χ0n) is 10.5. The second kappa shape index (κ2) is 5.83. The standard InChI is InChI=1S/C12H25NS2/c1-10-7-13(5-6-15-10)8-11(9-14)12(2,3)4/h10-11,14H,5-9H2,1-4H3. The van der Waals surface area contributed by atoms with E-state index in [1.807, 2.05) is 0 Å². The van der Waals surface area contributed by atoms with Gasteiger partial charge in [0.2, 0.25) is 0 Å². The van der Waals surface area contributed by atoms with E-state index in [2.05, 4.69) is 57.0 Å². The van der Waals surface area contributed by atoms with Crippen molar-refractivity contribution in [3.05, 3.63) is 0 Å². The molecular formula is C12H25NS2. The molecule has 1 saturated heterocycles. The second-order valence-corrected chi connectivity index (χ2v) is 7.60. The monoisotopic (exact) mass is 247 g/mol. The molecule has 1 aliphatic heterocycles. The van der Waals surface area contributed by atoms with E-state index < -0.39 is 0 Å². The molecule has 0 saturated carbocycles. The summed E-state index contributed by atoms with van der Waals surface area (Å²) in [6.07, 6.45) is 0. The predicted octanol–water partition coefficient (Wildman–Crippen LogP) is 3.02. The van der Waals surface area contributed by atoms with Crippen LogP contribution in [-0.2, 0) is 0 Å². The Bertz CT molecular complexity index is 189. The van der Waals surface area contributed by atoms with Gasteiger partial charge in [-0.1, -0.05) is 27.7 Å². The number of rotatable bonds is 3. The maximum atomic E-state index is 4.50. The third kappa shape index (κ3) is 4.58. The normalized spacial score (nSPS) is 26.6. The van der Waals surface area contributed by atoms with Crippen molar-refractivity contribution in [2.24, 2.45) is 11.3 Å². The third-order valence-corrected chi connectivity index (χ3v) is 4.83. The molecule has 0 spiro atoms. The summed E-state index contributed by atoms with van der Waals surface area (Å²) in [7, 11) is 0. The van der Waals surface area contributed by atoms with Crippen molar-refractivity contribution >= 4 is 24.4 Å². The minimum absolute atomic E-state index is 0.385. The van der Waals surface area contributed by atoms with Gasteiger partial charge in [-0.15, -0.1) is 0 Å². The predicted molar refractivity (Wildman–Crippen MR) is 75.2 cm³/mol. The largest absolute Gasteiger partial charge is 0.301 e. The first-order valence-electron chi connectivity index (χ1n) is 5.88. The van der Waals surface area contributed by atoms with Crippen LogP contribution >= 0.6 is 24.4 Å². The molecule has 1 fully saturated rings. The molecule has 0 aromatic rings. The van der Waals surface area contributed by atoms with Crippen LogP contribution in [0.2, 0.25) is 0 Å². The van der Waals surface area contributed by atoms with E-state index in [0.29, 0.717) is 11.3 Å². The Labute approximate surface area is 105 Å². The van der Waals surface area contributed by atoms with Gasteiger partial charge in [0.15, 0.2) is 0 Å². The van der Waals surface area contributed by atoms with E-state index in [9.17, 15) is 0 Å². The fourth-order valence-electron chi connectivity index (χ4n) is 1.97. The van der Waals surface area contributed by atoms with Crippen molar-refractivity contribution in [3.8, 4) is 0 Å². The van der Waals surface area contributed by atoms with Crippen LogP contribution < -0.4 is 0 Å². The molecule has 0 bridgehead atoms. The highest BCUT2D eigenvalue weighted by Crippen LogP contribution is 2.29. The summed E-state index contributed by atoms with van der Waals surface area (Å²) in [5.41, 5.74) is 0.385. The lowest BCUT2D eigenvalue weighted by atomic mass is 9.81. The molecule has 0 N–H and O–H groups in total. The summed E-state index contributed by atoms with van der Waals surface area (Å²) in [6, 6.07) is 0. The van der Waals surface area contributed by atoms with E-state index in [1.54, 1.807) is 0 Å². The lowest BCUT2D eigenvalue weighted by molar-refractivity contribution is 0.169. The Morgan fingerprint density at radius 1 is 1.47 bits per heavy atom. The smallest absolute Gasteiger partial charge is 0.0147 e. The maximum Gasteiger partial charge on any atom is 0.0147 e. The minimum atomic E-state index is 0.385. The molecule has 0 aromatic heterocycles. The first-order chi connectivity index (χ1) is 6.93. The van der Waals surface area contributed by atoms with Gasteiger partial charge in [-0.05, 0) is 17.1 Å². The number of thiol groups is 1. The summed E-state index contributed by atoms with van der Waals surface area (Å²) >= 11 is 6.60. The molecule has 15 heavy (non-hydrogen) atoms. The first kappa shape index (κ1) is 13.7. The highest BCUT2D eigenvalue weighted by atomic mass is 32.2. The van der Waals surface area contributed by atoms with Crippen LogP contribution in [0.15, 0.2) is 0 Å². The van der Waals surface area contributed by atoms with E-state index in [1.165, 1.54) is 25.4 Å². The van der Waals surface area contributed by atoms with Crippen LogP contribution in [0.5, 0.6) is 0 Å². The molecule has 2 atom stereocenters. The molecule has 1 rings (SSSR count). The van der Waals surface area contributed by atoms with Crippen LogP contribution in [0.1, 0.15) is 27.7 Å². The van der Waals surface area contributed by atoms with E-state index in [-0.39, 0.29) is 0 Å². The Hall–Kier alpha value is 0.660. The Kier molecular flexibility index (Phi) is 5.33. The van der Waals surface area contributed by atoms with Gasteiger partial charge in [-0.2, -0.15) is 24.4 Å². The van der Waals surface area contributed by atoms with Gasteiger partial charge >= 0.3 is 0 Å². The van der Waals surface area contributed by atoms with E-state index >= 15 is 0 Å². The van der Waals surface area contributed by atoms with Gasteiger partial charge in [-0.3, -0.25) is 0 Å². The first-order valence-corrected chi connectivity index (χ1v) is 7.56. The number of hydrogen-bond donors (Lipinski definition) is 1. The Morgan fingerprint density at radius 3 is 2.60 bits per heavy atom. The second-order valence-electron chi connectivity index (χ2n) is 5.69. The van der Waals surface area contributed by atoms with Gasteiger partial charge < -0.3 is 4.90 Å². The number of thioether (sulfide) groups is 1. The van der Waals surface area contributed by atoms with Crippen LogP contribution in [0, 0.1) is 11.3 Å². The van der Waals surface area contributed by atoms with Crippen molar-refractivity contribution in [3.63, 3.8) is 0 Å². The number of hydrogen-bond acceptors (Lipinski definition) is 3. The topological polar surface area (TPSA) is 3.24 Å². The molecule has 0 amide bonds. The third-order valence-electron chi connectivity index (χ3n) is 3.25. The molecule has 90 valence electrons. The van der Waals surface area contributed by atoms with E-state index in [4.69, 9.17) is 0 Å². The zero-order chi connectivity index (χ0) is 11.5. The fourth-order valence-corrected chi connectivity index (χ4v) is 3.72. The van der Waals surface area contributed by atoms with Crippen LogP contribution in [0.25, 0.3) is 0 Å². The van der Waals surface area contributed by atoms with Gasteiger partial charge in [-0.25, -0.2) is 0 Å². The van der Waals surface area contributed by atoms with Gasteiger partial charge in [0.25, 0.3) is 0 Å². The Morgan fingerprint density at radius 2 is 2.13 bits per heavy atom. The van der Waals surface area contributed by atoms with Crippen molar-refractivity contribution in [1.82, 2.24) is 4.90 Å². The molecule has 0 radical (unpaired) electrons. The average molecular weight is 247 g/mol. The van der Waals surface area contributed by atoms with Crippen molar-refractivity contribution in [1.29, 1.82) is 0 Å². The minimum Gasteiger partial charge on any atom is -0.301 e. The number of nitrogens with zero attached hydrogens (tertiary/aromatic N) is 1. The summed E-state index contributed by atoms with van der Waals surface area (Å²) in [4.78, 5) is 2.62. The SMILES string of the molecule is CC1CN(CC(CS)C(C)(C)C)CCS1. The highest BCUT2D eigenvalue weighted by Gasteiger charge is 2.27. The summed E-state index contributed by atoms with van der Waals surface area (Å²) < 4.78 is 0. The van der Waals surface area contributed by atoms with Gasteiger partial charge in [0.05, 0.1) is 0 Å². The molecule has 2 unspecified atom stereocenters. The summed E-state index contributed by atoms with van der Waals surface area (Å²) in [5.74, 6) is 3.00. The molecular weight excluding hydrogens is 222 g/mol. The van der Waals surface area contributed by atoms with Crippen molar-refractivity contribution in [2.75, 3.05) is 31.1 Å². The average Bonchev–Trinajstić information content (AvgIpc) is 2.12. The van der Waals surface area contributed by atoms with Crippen LogP contribution in [0.3, 0.4) is 0 Å². The molecule has 0 aromatic carbocycles. The Balaban J connectivity index is 2.44. The lowest BCUT2D eigenvalue weighted by Crippen LogP contribution is -2.42. The van der Waals surface area contributed by atoms with Crippen LogP contribution in [0.4, 0.5) is 0 Å². The molecule has 0 aliphatic carbocycles. The van der Waals surface area contributed by atoms with Gasteiger partial charge in [0.1, 0.15) is 0 Å². The summed E-state index contributed by atoms with van der Waals surface area (Å²) in [5, 5.41) is 0.805. The lowest BCUT2D eigenvalue weighted by Gasteiger charge is -2.37. The zero-order valence-corrected chi connectivity index (χ0v) is 12.2. The highest BCUT2D eigenvalue weighted by molar-refractivity contribution is 7.99. The summed E-state index contributed by atoms with van der Waals surface area (Å²) in [6.45, 7) is 13.1. The van der Waals surface area contributed by atoms with E-state index in [0.717, 1.165) is 11.0 Å². The molecule has 3 heteroatoms. The quantitative estimate of drug-likeness (QED) is 0.764. The molecule has 1 nitrogen and oxygen atoms in total. The molecule has 1 aliphatic rings. The molecule has 1 heterocycles. The van der Waals surface area contributed by atoms with Gasteiger partial charge in [0, 0.05) is 30.6 Å². The van der Waals surface area contributed by atoms with Crippen molar-refractivity contribution in [2.45, 2.75) is 32.9 Å².